The molecule has 13 heavy (non-hydrogen) atoms. The molecule has 1 aliphatic heterocycles. The number of hydrogen-bond acceptors (Lipinski definition) is 4. The number of nitrogens with one attached hydrogen (secondary N) is 1. The molecule has 1 atom stereocenters. The first-order valence-corrected chi connectivity index (χ1v) is 6.03. The van der Waals surface area contributed by atoms with E-state index in [-0.39, 0.29) is 23.5 Å². The molecule has 1 saturated heterocycles. The van der Waals surface area contributed by atoms with Gasteiger partial charge in [0.1, 0.15) is 0 Å². The van der Waals surface area contributed by atoms with Crippen LogP contribution in [0.15, 0.2) is 0 Å². The monoisotopic (exact) mass is 206 g/mol. The molecule has 0 aliphatic carbocycles. The summed E-state index contributed by atoms with van der Waals surface area (Å²) in [7, 11) is -2.86. The van der Waals surface area contributed by atoms with Gasteiger partial charge in [0, 0.05) is 0 Å². The van der Waals surface area contributed by atoms with Crippen LogP contribution in [0.5, 0.6) is 0 Å². The molecule has 1 amide bonds. The average Bonchev–Trinajstić information content (AvgIpc) is 1.99. The van der Waals surface area contributed by atoms with Crippen molar-refractivity contribution >= 4 is 15.7 Å². The fourth-order valence-electron chi connectivity index (χ4n) is 1.14. The van der Waals surface area contributed by atoms with E-state index in [1.54, 1.807) is 0 Å². The van der Waals surface area contributed by atoms with E-state index < -0.39 is 15.9 Å². The molecule has 0 bridgehead atoms. The predicted octanol–water partition coefficient (Wildman–Crippen LogP) is -1.36. The van der Waals surface area contributed by atoms with Gasteiger partial charge < -0.3 is 11.1 Å². The molecule has 5 nitrogen and oxygen atoms in total. The molecule has 1 rings (SSSR count). The highest BCUT2D eigenvalue weighted by Crippen LogP contribution is 2.10. The summed E-state index contributed by atoms with van der Waals surface area (Å²) in [6, 6.07) is -0.751. The maximum absolute atomic E-state index is 11.2. The summed E-state index contributed by atoms with van der Waals surface area (Å²) < 4.78 is 21.5. The van der Waals surface area contributed by atoms with Crippen LogP contribution in [0.4, 0.5) is 0 Å². The van der Waals surface area contributed by atoms with Crippen LogP contribution in [0.3, 0.4) is 0 Å². The Morgan fingerprint density at radius 1 is 1.62 bits per heavy atom. The summed E-state index contributed by atoms with van der Waals surface area (Å²) in [6.07, 6.45) is 0.561. The first-order chi connectivity index (χ1) is 5.94. The average molecular weight is 206 g/mol. The van der Waals surface area contributed by atoms with E-state index in [2.05, 4.69) is 5.32 Å². The topological polar surface area (TPSA) is 89.3 Å². The summed E-state index contributed by atoms with van der Waals surface area (Å²) in [5, 5.41) is 2.58. The fourth-order valence-corrected chi connectivity index (χ4v) is 2.44. The summed E-state index contributed by atoms with van der Waals surface area (Å²) >= 11 is 0. The molecule has 6 heteroatoms. The molecule has 76 valence electrons. The van der Waals surface area contributed by atoms with Crippen molar-refractivity contribution in [3.8, 4) is 0 Å². The molecule has 1 heterocycles. The van der Waals surface area contributed by atoms with E-state index in [4.69, 9.17) is 5.73 Å². The minimum atomic E-state index is -2.86. The molecule has 1 aliphatic rings. The van der Waals surface area contributed by atoms with Crippen LogP contribution in [0.1, 0.15) is 13.3 Å². The third-order valence-electron chi connectivity index (χ3n) is 2.03. The second-order valence-electron chi connectivity index (χ2n) is 3.30. The maximum Gasteiger partial charge on any atom is 0.237 e. The number of amides is 1. The van der Waals surface area contributed by atoms with Gasteiger partial charge in [-0.1, -0.05) is 6.92 Å². The van der Waals surface area contributed by atoms with E-state index in [9.17, 15) is 13.2 Å². The Morgan fingerprint density at radius 2 is 2.15 bits per heavy atom. The fraction of sp³-hybridized carbons (Fsp3) is 0.857. The van der Waals surface area contributed by atoms with E-state index in [1.807, 2.05) is 6.92 Å². The van der Waals surface area contributed by atoms with Gasteiger partial charge in [-0.05, 0) is 6.42 Å². The van der Waals surface area contributed by atoms with Crippen molar-refractivity contribution in [1.29, 1.82) is 0 Å². The second kappa shape index (κ2) is 3.63. The van der Waals surface area contributed by atoms with Gasteiger partial charge in [0.2, 0.25) is 5.91 Å². The molecule has 0 unspecified atom stereocenters. The molecule has 0 radical (unpaired) electrons. The maximum atomic E-state index is 11.2. The molecular formula is C7H14N2O3S. The van der Waals surface area contributed by atoms with Gasteiger partial charge in [0.15, 0.2) is 9.84 Å². The van der Waals surface area contributed by atoms with E-state index >= 15 is 0 Å². The van der Waals surface area contributed by atoms with Crippen molar-refractivity contribution in [3.05, 3.63) is 0 Å². The minimum absolute atomic E-state index is 0.0508. The Labute approximate surface area is 77.6 Å². The lowest BCUT2D eigenvalue weighted by Gasteiger charge is -2.27. The Kier molecular flexibility index (Phi) is 2.92. The highest BCUT2D eigenvalue weighted by molar-refractivity contribution is 7.92. The lowest BCUT2D eigenvalue weighted by molar-refractivity contribution is -0.122. The van der Waals surface area contributed by atoms with Crippen molar-refractivity contribution in [3.63, 3.8) is 0 Å². The molecule has 3 N–H and O–H groups in total. The van der Waals surface area contributed by atoms with E-state index in [0.717, 1.165) is 0 Å². The summed E-state index contributed by atoms with van der Waals surface area (Å²) in [5.41, 5.74) is 5.45. The van der Waals surface area contributed by atoms with Gasteiger partial charge >= 0.3 is 0 Å². The quantitative estimate of drug-likeness (QED) is 0.596. The zero-order chi connectivity index (χ0) is 10.1. The van der Waals surface area contributed by atoms with E-state index in [0.29, 0.717) is 6.42 Å². The van der Waals surface area contributed by atoms with E-state index in [1.165, 1.54) is 0 Å². The highest BCUT2D eigenvalue weighted by atomic mass is 32.2. The largest absolute Gasteiger partial charge is 0.350 e. The Morgan fingerprint density at radius 3 is 2.54 bits per heavy atom. The molecule has 0 spiro atoms. The number of sulfone groups is 1. The molecule has 1 fully saturated rings. The van der Waals surface area contributed by atoms with Crippen LogP contribution in [0, 0.1) is 0 Å². The van der Waals surface area contributed by atoms with Crippen LogP contribution >= 0.6 is 0 Å². The highest BCUT2D eigenvalue weighted by Gasteiger charge is 2.34. The van der Waals surface area contributed by atoms with Crippen LogP contribution in [0.25, 0.3) is 0 Å². The Bertz CT molecular complexity index is 287. The standard InChI is InChI=1S/C7H14N2O3S/c1-2-6(8)7(10)9-5-3-13(11,12)4-5/h5-6H,2-4,8H2,1H3,(H,9,10)/t6-/m0/s1. The predicted molar refractivity (Wildman–Crippen MR) is 48.9 cm³/mol. The summed E-state index contributed by atoms with van der Waals surface area (Å²) in [4.78, 5) is 11.2. The van der Waals surface area contributed by atoms with Gasteiger partial charge in [0.25, 0.3) is 0 Å². The number of carbonyl (C=O) groups excluding carboxylic acids is 1. The molecule has 0 aromatic heterocycles. The van der Waals surface area contributed by atoms with Gasteiger partial charge in [-0.25, -0.2) is 8.42 Å². The molecular weight excluding hydrogens is 192 g/mol. The smallest absolute Gasteiger partial charge is 0.237 e. The minimum Gasteiger partial charge on any atom is -0.350 e. The number of hydrogen-bond donors (Lipinski definition) is 2. The van der Waals surface area contributed by atoms with Crippen molar-refractivity contribution < 1.29 is 13.2 Å². The number of rotatable bonds is 3. The van der Waals surface area contributed by atoms with Crippen molar-refractivity contribution in [2.24, 2.45) is 5.73 Å². The van der Waals surface area contributed by atoms with Crippen LogP contribution in [0.2, 0.25) is 0 Å². The van der Waals surface area contributed by atoms with Crippen LogP contribution in [-0.4, -0.2) is 37.9 Å². The summed E-state index contributed by atoms with van der Waals surface area (Å²) in [5.74, 6) is -0.160. The summed E-state index contributed by atoms with van der Waals surface area (Å²) in [6.45, 7) is 1.81. The lowest BCUT2D eigenvalue weighted by atomic mass is 10.2. The molecule has 0 aromatic carbocycles. The third kappa shape index (κ3) is 2.67. The lowest BCUT2D eigenvalue weighted by Crippen LogP contribution is -2.56. The van der Waals surface area contributed by atoms with Crippen molar-refractivity contribution in [2.45, 2.75) is 25.4 Å². The zero-order valence-corrected chi connectivity index (χ0v) is 8.30. The number of carbonyl (C=O) groups is 1. The number of nitrogens with two attached hydrogens (primary N) is 1. The van der Waals surface area contributed by atoms with Gasteiger partial charge in [-0.15, -0.1) is 0 Å². The van der Waals surface area contributed by atoms with Gasteiger partial charge in [-0.2, -0.15) is 0 Å². The van der Waals surface area contributed by atoms with Gasteiger partial charge in [-0.3, -0.25) is 4.79 Å². The van der Waals surface area contributed by atoms with Crippen molar-refractivity contribution in [1.82, 2.24) is 5.32 Å². The third-order valence-corrected chi connectivity index (χ3v) is 3.85. The second-order valence-corrected chi connectivity index (χ2v) is 5.45. The van der Waals surface area contributed by atoms with Crippen molar-refractivity contribution in [2.75, 3.05) is 11.5 Å². The normalized spacial score (nSPS) is 23.2. The zero-order valence-electron chi connectivity index (χ0n) is 7.49. The first kappa shape index (κ1) is 10.5. The van der Waals surface area contributed by atoms with Crippen LogP contribution < -0.4 is 11.1 Å². The SMILES string of the molecule is CC[C@H](N)C(=O)NC1CS(=O)(=O)C1. The Hall–Kier alpha value is -0.620. The van der Waals surface area contributed by atoms with Gasteiger partial charge in [0.05, 0.1) is 23.6 Å². The Balaban J connectivity index is 2.32. The van der Waals surface area contributed by atoms with Crippen LogP contribution in [-0.2, 0) is 14.6 Å². The first-order valence-electron chi connectivity index (χ1n) is 4.21. The molecule has 0 aromatic rings. The molecule has 0 saturated carbocycles.